The van der Waals surface area contributed by atoms with Gasteiger partial charge in [0.1, 0.15) is 0 Å². The van der Waals surface area contributed by atoms with Crippen molar-refractivity contribution in [1.82, 2.24) is 15.5 Å². The number of anilines is 1. The predicted octanol–water partition coefficient (Wildman–Crippen LogP) is 2.81. The molecule has 3 aliphatic heterocycles. The van der Waals surface area contributed by atoms with Gasteiger partial charge in [-0.15, -0.1) is 12.4 Å². The fourth-order valence-electron chi connectivity index (χ4n) is 4.47. The highest BCUT2D eigenvalue weighted by Gasteiger charge is 2.37. The van der Waals surface area contributed by atoms with E-state index in [2.05, 4.69) is 10.6 Å². The fourth-order valence-corrected chi connectivity index (χ4v) is 4.69. The number of hydrogen-bond donors (Lipinski definition) is 2. The molecule has 7 nitrogen and oxygen atoms in total. The van der Waals surface area contributed by atoms with Crippen molar-refractivity contribution in [3.63, 3.8) is 0 Å². The van der Waals surface area contributed by atoms with Crippen LogP contribution in [-0.2, 0) is 4.79 Å². The van der Waals surface area contributed by atoms with Crippen LogP contribution in [0.2, 0.25) is 5.02 Å². The normalized spacial score (nSPS) is 21.6. The van der Waals surface area contributed by atoms with Gasteiger partial charge in [0.2, 0.25) is 5.91 Å². The van der Waals surface area contributed by atoms with E-state index in [4.69, 9.17) is 11.6 Å². The minimum absolute atomic E-state index is 0. The molecule has 1 spiro atoms. The number of likely N-dealkylation sites (tertiary alicyclic amines) is 1. The topological polar surface area (TPSA) is 81.8 Å². The van der Waals surface area contributed by atoms with Crippen molar-refractivity contribution in [2.24, 2.45) is 5.41 Å². The Labute approximate surface area is 181 Å². The zero-order valence-corrected chi connectivity index (χ0v) is 17.8. The summed E-state index contributed by atoms with van der Waals surface area (Å²) in [4.78, 5) is 39.9. The van der Waals surface area contributed by atoms with E-state index < -0.39 is 6.03 Å². The number of amides is 4. The first-order chi connectivity index (χ1) is 13.5. The van der Waals surface area contributed by atoms with Gasteiger partial charge in [0.05, 0.1) is 10.7 Å². The largest absolute Gasteiger partial charge is 0.339 e. The van der Waals surface area contributed by atoms with Crippen molar-refractivity contribution in [2.75, 3.05) is 37.6 Å². The van der Waals surface area contributed by atoms with Gasteiger partial charge in [-0.05, 0) is 62.4 Å². The van der Waals surface area contributed by atoms with Gasteiger partial charge in [0.25, 0.3) is 5.91 Å². The number of nitrogens with one attached hydrogen (secondary N) is 2. The van der Waals surface area contributed by atoms with E-state index in [0.29, 0.717) is 21.7 Å². The van der Waals surface area contributed by atoms with Gasteiger partial charge in [0.15, 0.2) is 0 Å². The molecule has 3 fully saturated rings. The lowest BCUT2D eigenvalue weighted by atomic mass is 9.71. The molecule has 0 aromatic heterocycles. The molecule has 3 heterocycles. The lowest BCUT2D eigenvalue weighted by Gasteiger charge is -2.44. The van der Waals surface area contributed by atoms with E-state index in [1.54, 1.807) is 18.2 Å². The first-order valence-corrected chi connectivity index (χ1v) is 10.3. The number of piperidine rings is 2. The monoisotopic (exact) mass is 440 g/mol. The number of urea groups is 1. The van der Waals surface area contributed by atoms with Crippen molar-refractivity contribution in [1.29, 1.82) is 0 Å². The van der Waals surface area contributed by atoms with Gasteiger partial charge >= 0.3 is 6.03 Å². The van der Waals surface area contributed by atoms with E-state index in [-0.39, 0.29) is 37.2 Å². The average molecular weight is 441 g/mol. The summed E-state index contributed by atoms with van der Waals surface area (Å²) in [6, 6.07) is 4.51. The Bertz CT molecular complexity index is 801. The van der Waals surface area contributed by atoms with Crippen LogP contribution in [0.4, 0.5) is 10.5 Å². The highest BCUT2D eigenvalue weighted by atomic mass is 35.5. The number of benzene rings is 1. The highest BCUT2D eigenvalue weighted by Crippen LogP contribution is 2.40. The molecule has 0 atom stereocenters. The first kappa shape index (κ1) is 21.9. The number of carbonyl (C=O) groups excluding carboxylic acids is 3. The maximum atomic E-state index is 13.0. The molecule has 2 N–H and O–H groups in total. The molecule has 3 aliphatic rings. The summed E-state index contributed by atoms with van der Waals surface area (Å²) in [5.41, 5.74) is 1.36. The van der Waals surface area contributed by atoms with Crippen molar-refractivity contribution in [3.8, 4) is 0 Å². The Morgan fingerprint density at radius 2 is 1.72 bits per heavy atom. The van der Waals surface area contributed by atoms with Crippen LogP contribution < -0.4 is 15.5 Å². The summed E-state index contributed by atoms with van der Waals surface area (Å²) in [7, 11) is 0. The van der Waals surface area contributed by atoms with Crippen LogP contribution in [0.3, 0.4) is 0 Å². The second-order valence-electron chi connectivity index (χ2n) is 7.96. The SMILES string of the molecule is Cl.O=C1CCN(c2cc(C(=O)N3CCC4(CCNCC4)CC3)ccc2Cl)C(=O)N1. The molecule has 1 aromatic carbocycles. The first-order valence-electron chi connectivity index (χ1n) is 9.88. The van der Waals surface area contributed by atoms with Crippen molar-refractivity contribution < 1.29 is 14.4 Å². The van der Waals surface area contributed by atoms with Gasteiger partial charge in [-0.1, -0.05) is 11.6 Å². The third kappa shape index (κ3) is 4.52. The number of rotatable bonds is 2. The molecule has 0 unspecified atom stereocenters. The van der Waals surface area contributed by atoms with Crippen molar-refractivity contribution in [2.45, 2.75) is 32.1 Å². The van der Waals surface area contributed by atoms with Gasteiger partial charge in [-0.2, -0.15) is 0 Å². The number of imide groups is 1. The van der Waals surface area contributed by atoms with Crippen LogP contribution in [0.15, 0.2) is 18.2 Å². The quantitative estimate of drug-likeness (QED) is 0.740. The van der Waals surface area contributed by atoms with Crippen molar-refractivity contribution >= 4 is 47.5 Å². The van der Waals surface area contributed by atoms with Crippen LogP contribution in [0.1, 0.15) is 42.5 Å². The van der Waals surface area contributed by atoms with E-state index in [1.165, 1.54) is 17.7 Å². The van der Waals surface area contributed by atoms with Crippen LogP contribution in [-0.4, -0.2) is 55.5 Å². The smallest absolute Gasteiger partial charge is 0.328 e. The number of carbonyl (C=O) groups is 3. The Morgan fingerprint density at radius 1 is 1.03 bits per heavy atom. The summed E-state index contributed by atoms with van der Waals surface area (Å²) in [6.45, 7) is 3.90. The van der Waals surface area contributed by atoms with E-state index in [9.17, 15) is 14.4 Å². The maximum absolute atomic E-state index is 13.0. The second-order valence-corrected chi connectivity index (χ2v) is 8.37. The summed E-state index contributed by atoms with van der Waals surface area (Å²) in [5.74, 6) is -0.333. The molecule has 0 radical (unpaired) electrons. The molecule has 0 aliphatic carbocycles. The molecule has 29 heavy (non-hydrogen) atoms. The van der Waals surface area contributed by atoms with Crippen LogP contribution in [0.25, 0.3) is 0 Å². The number of hydrogen-bond acceptors (Lipinski definition) is 4. The van der Waals surface area contributed by atoms with E-state index in [0.717, 1.165) is 39.0 Å². The lowest BCUT2D eigenvalue weighted by molar-refractivity contribution is -0.120. The molecule has 3 saturated heterocycles. The van der Waals surface area contributed by atoms with Gasteiger partial charge in [0, 0.05) is 31.6 Å². The van der Waals surface area contributed by atoms with Crippen LogP contribution in [0, 0.1) is 5.41 Å². The molecule has 0 bridgehead atoms. The molecule has 1 aromatic rings. The molecule has 0 saturated carbocycles. The van der Waals surface area contributed by atoms with E-state index >= 15 is 0 Å². The molecule has 4 amide bonds. The summed E-state index contributed by atoms with van der Waals surface area (Å²) in [6.07, 6.45) is 4.66. The standard InChI is InChI=1S/C20H25ClN4O3.ClH/c21-15-2-1-14(13-16(15)25-10-3-17(26)23-19(25)28)18(27)24-11-6-20(7-12-24)4-8-22-9-5-20;/h1-2,13,22H,3-12H2,(H,23,26,28);1H. The fraction of sp³-hybridized carbons (Fsp3) is 0.550. The minimum Gasteiger partial charge on any atom is -0.339 e. The zero-order chi connectivity index (χ0) is 19.7. The van der Waals surface area contributed by atoms with Crippen LogP contribution in [0.5, 0.6) is 0 Å². The minimum atomic E-state index is -0.506. The molecular weight excluding hydrogens is 415 g/mol. The van der Waals surface area contributed by atoms with E-state index in [1.807, 2.05) is 4.90 Å². The Kier molecular flexibility index (Phi) is 6.71. The van der Waals surface area contributed by atoms with Crippen molar-refractivity contribution in [3.05, 3.63) is 28.8 Å². The molecule has 9 heteroatoms. The summed E-state index contributed by atoms with van der Waals surface area (Å²) in [5, 5.41) is 6.09. The highest BCUT2D eigenvalue weighted by molar-refractivity contribution is 6.34. The second kappa shape index (κ2) is 8.90. The maximum Gasteiger partial charge on any atom is 0.328 e. The summed E-state index contributed by atoms with van der Waals surface area (Å²) >= 11 is 6.28. The van der Waals surface area contributed by atoms with Gasteiger partial charge < -0.3 is 10.2 Å². The van der Waals surface area contributed by atoms with Gasteiger partial charge in [-0.25, -0.2) is 4.79 Å². The molecule has 4 rings (SSSR count). The summed E-state index contributed by atoms with van der Waals surface area (Å²) < 4.78 is 0. The van der Waals surface area contributed by atoms with Gasteiger partial charge in [-0.3, -0.25) is 19.8 Å². The zero-order valence-electron chi connectivity index (χ0n) is 16.2. The average Bonchev–Trinajstić information content (AvgIpc) is 2.70. The molecular formula is C20H26Cl2N4O3. The lowest BCUT2D eigenvalue weighted by Crippen LogP contribution is -2.49. The number of nitrogens with zero attached hydrogens (tertiary/aromatic N) is 2. The third-order valence-corrected chi connectivity index (χ3v) is 6.63. The Morgan fingerprint density at radius 3 is 2.38 bits per heavy atom. The molecule has 158 valence electrons. The number of halogens is 2. The third-order valence-electron chi connectivity index (χ3n) is 6.31. The van der Waals surface area contributed by atoms with Crippen LogP contribution >= 0.6 is 24.0 Å². The Hall–Kier alpha value is -1.83. The Balaban J connectivity index is 0.00000240. The predicted molar refractivity (Wildman–Crippen MR) is 114 cm³/mol.